The molecule has 0 spiro atoms. The Bertz CT molecular complexity index is 624. The van der Waals surface area contributed by atoms with Crippen LogP contribution >= 0.6 is 0 Å². The molecule has 0 aromatic heterocycles. The molecule has 104 valence electrons. The zero-order valence-corrected chi connectivity index (χ0v) is 11.9. The van der Waals surface area contributed by atoms with Gasteiger partial charge in [-0.2, -0.15) is 0 Å². The van der Waals surface area contributed by atoms with E-state index in [1.165, 1.54) is 22.3 Å². The Morgan fingerprint density at radius 2 is 1.95 bits per heavy atom. The summed E-state index contributed by atoms with van der Waals surface area (Å²) in [6, 6.07) is 14.6. The number of ether oxygens (including phenoxy) is 1. The van der Waals surface area contributed by atoms with Gasteiger partial charge in [-0.3, -0.25) is 11.3 Å². The number of benzene rings is 2. The van der Waals surface area contributed by atoms with Gasteiger partial charge in [0, 0.05) is 11.5 Å². The molecule has 0 fully saturated rings. The van der Waals surface area contributed by atoms with Gasteiger partial charge in [-0.1, -0.05) is 36.4 Å². The monoisotopic (exact) mass is 268 g/mol. The van der Waals surface area contributed by atoms with Crippen molar-refractivity contribution in [1.29, 1.82) is 0 Å². The number of para-hydroxylation sites is 1. The van der Waals surface area contributed by atoms with Crippen LogP contribution in [0.2, 0.25) is 0 Å². The number of nitrogens with two attached hydrogens (primary N) is 1. The summed E-state index contributed by atoms with van der Waals surface area (Å²) in [7, 11) is 0. The van der Waals surface area contributed by atoms with Crippen molar-refractivity contribution in [2.45, 2.75) is 25.8 Å². The van der Waals surface area contributed by atoms with Gasteiger partial charge in [0.2, 0.25) is 0 Å². The Hall–Kier alpha value is -1.84. The molecule has 2 aromatic carbocycles. The fourth-order valence-electron chi connectivity index (χ4n) is 3.00. The van der Waals surface area contributed by atoms with Crippen molar-refractivity contribution >= 4 is 0 Å². The number of hydrogen-bond donors (Lipinski definition) is 2. The third kappa shape index (κ3) is 2.09. The fourth-order valence-corrected chi connectivity index (χ4v) is 3.00. The second-order valence-corrected chi connectivity index (χ2v) is 5.39. The zero-order chi connectivity index (χ0) is 14.1. The highest BCUT2D eigenvalue weighted by atomic mass is 16.5. The summed E-state index contributed by atoms with van der Waals surface area (Å²) < 4.78 is 5.79. The second-order valence-electron chi connectivity index (χ2n) is 5.39. The molecule has 20 heavy (non-hydrogen) atoms. The van der Waals surface area contributed by atoms with Gasteiger partial charge >= 0.3 is 0 Å². The molecule has 3 heteroatoms. The molecule has 0 saturated heterocycles. The van der Waals surface area contributed by atoms with E-state index in [0.29, 0.717) is 6.61 Å². The number of hydrazine groups is 1. The molecular weight excluding hydrogens is 248 g/mol. The van der Waals surface area contributed by atoms with Gasteiger partial charge < -0.3 is 4.74 Å². The van der Waals surface area contributed by atoms with Gasteiger partial charge in [0.1, 0.15) is 5.75 Å². The first-order valence-electron chi connectivity index (χ1n) is 6.96. The van der Waals surface area contributed by atoms with E-state index in [-0.39, 0.29) is 12.0 Å². The number of fused-ring (bicyclic) bond motifs is 1. The van der Waals surface area contributed by atoms with Crippen molar-refractivity contribution in [2.75, 3.05) is 6.61 Å². The lowest BCUT2D eigenvalue weighted by Crippen LogP contribution is -2.33. The van der Waals surface area contributed by atoms with Crippen molar-refractivity contribution in [3.05, 3.63) is 64.7 Å². The van der Waals surface area contributed by atoms with Gasteiger partial charge in [0.15, 0.2) is 0 Å². The van der Waals surface area contributed by atoms with Crippen molar-refractivity contribution in [1.82, 2.24) is 5.43 Å². The molecule has 0 amide bonds. The Morgan fingerprint density at radius 1 is 1.15 bits per heavy atom. The van der Waals surface area contributed by atoms with Crippen molar-refractivity contribution in [3.63, 3.8) is 0 Å². The fraction of sp³-hybridized carbons (Fsp3) is 0.294. The van der Waals surface area contributed by atoms with Crippen LogP contribution in [0.4, 0.5) is 0 Å². The van der Waals surface area contributed by atoms with Crippen LogP contribution in [0, 0.1) is 13.8 Å². The summed E-state index contributed by atoms with van der Waals surface area (Å²) >= 11 is 0. The minimum Gasteiger partial charge on any atom is -0.493 e. The standard InChI is InChI=1S/C17H20N2O/c1-11-6-5-8-13(12(11)2)17(19-18)15-10-20-16-9-4-3-7-14(15)16/h3-9,15,17,19H,10,18H2,1-2H3. The van der Waals surface area contributed by atoms with E-state index in [2.05, 4.69) is 49.6 Å². The SMILES string of the molecule is Cc1cccc(C(NN)C2COc3ccccc32)c1C. The number of hydrogen-bond acceptors (Lipinski definition) is 3. The Balaban J connectivity index is 2.02. The van der Waals surface area contributed by atoms with E-state index in [4.69, 9.17) is 10.6 Å². The Kier molecular flexibility index (Phi) is 3.47. The largest absolute Gasteiger partial charge is 0.493 e. The highest BCUT2D eigenvalue weighted by molar-refractivity contribution is 5.44. The average Bonchev–Trinajstić information content (AvgIpc) is 2.88. The van der Waals surface area contributed by atoms with Crippen LogP contribution in [-0.2, 0) is 0 Å². The molecule has 3 nitrogen and oxygen atoms in total. The molecule has 0 radical (unpaired) electrons. The number of aryl methyl sites for hydroxylation is 1. The van der Waals surface area contributed by atoms with Crippen LogP contribution in [0.1, 0.15) is 34.2 Å². The molecule has 3 rings (SSSR count). The molecule has 3 N–H and O–H groups in total. The van der Waals surface area contributed by atoms with E-state index in [9.17, 15) is 0 Å². The van der Waals surface area contributed by atoms with E-state index in [1.54, 1.807) is 0 Å². The van der Waals surface area contributed by atoms with Crippen molar-refractivity contribution < 1.29 is 4.74 Å². The van der Waals surface area contributed by atoms with Crippen LogP contribution in [0.3, 0.4) is 0 Å². The summed E-state index contributed by atoms with van der Waals surface area (Å²) in [6.45, 7) is 4.95. The van der Waals surface area contributed by atoms with Gasteiger partial charge in [-0.05, 0) is 36.6 Å². The predicted octanol–water partition coefficient (Wildman–Crippen LogP) is 2.98. The first-order valence-corrected chi connectivity index (χ1v) is 6.96. The van der Waals surface area contributed by atoms with E-state index >= 15 is 0 Å². The summed E-state index contributed by atoms with van der Waals surface area (Å²) in [5.41, 5.74) is 8.05. The summed E-state index contributed by atoms with van der Waals surface area (Å²) in [4.78, 5) is 0. The van der Waals surface area contributed by atoms with Crippen LogP contribution in [-0.4, -0.2) is 6.61 Å². The van der Waals surface area contributed by atoms with Gasteiger partial charge in [-0.25, -0.2) is 0 Å². The molecule has 0 aliphatic carbocycles. The van der Waals surface area contributed by atoms with Gasteiger partial charge in [0.05, 0.1) is 12.6 Å². The lowest BCUT2D eigenvalue weighted by Gasteiger charge is -2.24. The Morgan fingerprint density at radius 3 is 2.75 bits per heavy atom. The van der Waals surface area contributed by atoms with E-state index < -0.39 is 0 Å². The molecule has 0 bridgehead atoms. The number of rotatable bonds is 3. The normalized spacial score (nSPS) is 18.4. The molecule has 2 unspecified atom stereocenters. The molecular formula is C17H20N2O. The lowest BCUT2D eigenvalue weighted by atomic mass is 9.86. The van der Waals surface area contributed by atoms with Gasteiger partial charge in [-0.15, -0.1) is 0 Å². The molecule has 0 saturated carbocycles. The topological polar surface area (TPSA) is 47.3 Å². The minimum absolute atomic E-state index is 0.0681. The highest BCUT2D eigenvalue weighted by Crippen LogP contribution is 2.41. The smallest absolute Gasteiger partial charge is 0.122 e. The molecule has 1 heterocycles. The van der Waals surface area contributed by atoms with Gasteiger partial charge in [0.25, 0.3) is 0 Å². The van der Waals surface area contributed by atoms with E-state index in [0.717, 1.165) is 5.75 Å². The summed E-state index contributed by atoms with van der Waals surface area (Å²) in [5, 5.41) is 0. The first-order chi connectivity index (χ1) is 9.72. The van der Waals surface area contributed by atoms with Crippen LogP contribution < -0.4 is 16.0 Å². The summed E-state index contributed by atoms with van der Waals surface area (Å²) in [5.74, 6) is 7.08. The second kappa shape index (κ2) is 5.27. The van der Waals surface area contributed by atoms with Crippen molar-refractivity contribution in [3.8, 4) is 5.75 Å². The van der Waals surface area contributed by atoms with Crippen molar-refractivity contribution in [2.24, 2.45) is 5.84 Å². The molecule has 2 atom stereocenters. The maximum atomic E-state index is 5.86. The van der Waals surface area contributed by atoms with Crippen LogP contribution in [0.5, 0.6) is 5.75 Å². The molecule has 1 aliphatic heterocycles. The number of nitrogens with one attached hydrogen (secondary N) is 1. The lowest BCUT2D eigenvalue weighted by molar-refractivity contribution is 0.300. The molecule has 2 aromatic rings. The summed E-state index contributed by atoms with van der Waals surface area (Å²) in [6.07, 6.45) is 0. The van der Waals surface area contributed by atoms with E-state index in [1.807, 2.05) is 12.1 Å². The maximum absolute atomic E-state index is 5.86. The Labute approximate surface area is 119 Å². The zero-order valence-electron chi connectivity index (χ0n) is 11.9. The third-order valence-electron chi connectivity index (χ3n) is 4.30. The highest BCUT2D eigenvalue weighted by Gasteiger charge is 2.32. The first kappa shape index (κ1) is 13.2. The minimum atomic E-state index is 0.0681. The maximum Gasteiger partial charge on any atom is 0.122 e. The average molecular weight is 268 g/mol. The van der Waals surface area contributed by atoms with Crippen LogP contribution in [0.25, 0.3) is 0 Å². The quantitative estimate of drug-likeness (QED) is 0.664. The third-order valence-corrected chi connectivity index (χ3v) is 4.30. The predicted molar refractivity (Wildman–Crippen MR) is 80.7 cm³/mol. The molecule has 1 aliphatic rings. The van der Waals surface area contributed by atoms with Crippen LogP contribution in [0.15, 0.2) is 42.5 Å².